The second-order valence-corrected chi connectivity index (χ2v) is 7.22. The lowest BCUT2D eigenvalue weighted by Gasteiger charge is -2.03. The normalized spacial score (nSPS) is 22.5. The molecule has 0 unspecified atom stereocenters. The fraction of sp³-hybridized carbons (Fsp3) is 0.375. The Bertz CT molecular complexity index is 652. The highest BCUT2D eigenvalue weighted by molar-refractivity contribution is 9.10. The van der Waals surface area contributed by atoms with E-state index in [-0.39, 0.29) is 5.91 Å². The average molecular weight is 381 g/mol. The van der Waals surface area contributed by atoms with Crippen molar-refractivity contribution in [3.63, 3.8) is 0 Å². The molecule has 2 aliphatic rings. The van der Waals surface area contributed by atoms with Crippen molar-refractivity contribution < 1.29 is 9.53 Å². The van der Waals surface area contributed by atoms with Gasteiger partial charge in [0.05, 0.1) is 22.5 Å². The molecule has 4 nitrogen and oxygen atoms in total. The maximum absolute atomic E-state index is 12.1. The smallest absolute Gasteiger partial charge is 0.264 e. The van der Waals surface area contributed by atoms with Crippen LogP contribution in [0.25, 0.3) is 6.08 Å². The van der Waals surface area contributed by atoms with Crippen LogP contribution in [0.15, 0.2) is 32.6 Å². The summed E-state index contributed by atoms with van der Waals surface area (Å²) in [5.74, 6) is 0.697. The van der Waals surface area contributed by atoms with Crippen molar-refractivity contribution in [3.05, 3.63) is 33.1 Å². The number of nitrogens with one attached hydrogen (secondary N) is 1. The molecule has 116 valence electrons. The molecule has 0 bridgehead atoms. The number of amides is 1. The predicted molar refractivity (Wildman–Crippen MR) is 94.1 cm³/mol. The number of carbonyl (C=O) groups excluding carboxylic acids is 1. The van der Waals surface area contributed by atoms with Gasteiger partial charge in [-0.3, -0.25) is 9.79 Å². The highest BCUT2D eigenvalue weighted by Gasteiger charge is 2.25. The lowest BCUT2D eigenvalue weighted by Crippen LogP contribution is -2.21. The summed E-state index contributed by atoms with van der Waals surface area (Å²) < 4.78 is 6.08. The number of thioether (sulfide) groups is 1. The minimum absolute atomic E-state index is 0.0753. The van der Waals surface area contributed by atoms with E-state index in [0.717, 1.165) is 33.8 Å². The molecule has 3 rings (SSSR count). The molecule has 1 aliphatic heterocycles. The van der Waals surface area contributed by atoms with Crippen LogP contribution in [0, 0.1) is 0 Å². The van der Waals surface area contributed by atoms with Crippen LogP contribution in [-0.2, 0) is 4.79 Å². The summed E-state index contributed by atoms with van der Waals surface area (Å²) in [6, 6.07) is 6.11. The van der Waals surface area contributed by atoms with Crippen molar-refractivity contribution in [2.45, 2.75) is 31.7 Å². The highest BCUT2D eigenvalue weighted by Crippen LogP contribution is 2.31. The Balaban J connectivity index is 1.76. The molecule has 0 aromatic heterocycles. The Morgan fingerprint density at radius 1 is 1.41 bits per heavy atom. The molecule has 1 aromatic rings. The van der Waals surface area contributed by atoms with E-state index in [2.05, 4.69) is 26.2 Å². The van der Waals surface area contributed by atoms with E-state index in [1.807, 2.05) is 24.3 Å². The van der Waals surface area contributed by atoms with Gasteiger partial charge in [-0.2, -0.15) is 0 Å². The molecule has 6 heteroatoms. The molecule has 0 radical (unpaired) electrons. The van der Waals surface area contributed by atoms with Gasteiger partial charge in [-0.15, -0.1) is 0 Å². The first-order valence-electron chi connectivity index (χ1n) is 7.28. The van der Waals surface area contributed by atoms with Crippen molar-refractivity contribution in [2.75, 3.05) is 7.11 Å². The van der Waals surface area contributed by atoms with Crippen LogP contribution < -0.4 is 10.1 Å². The summed E-state index contributed by atoms with van der Waals surface area (Å²) in [6.45, 7) is 0. The molecule has 1 heterocycles. The molecular formula is C16H17BrN2O2S. The SMILES string of the molecule is COc1ccc(/C=C2\SC(=NC3CCCC3)NC2=O)cc1Br. The summed E-state index contributed by atoms with van der Waals surface area (Å²) in [6.07, 6.45) is 6.61. The van der Waals surface area contributed by atoms with E-state index in [1.165, 1.54) is 24.6 Å². The first-order chi connectivity index (χ1) is 10.7. The van der Waals surface area contributed by atoms with E-state index >= 15 is 0 Å². The quantitative estimate of drug-likeness (QED) is 0.807. The number of methoxy groups -OCH3 is 1. The van der Waals surface area contributed by atoms with Crippen molar-refractivity contribution >= 4 is 44.8 Å². The molecule has 1 aliphatic carbocycles. The van der Waals surface area contributed by atoms with Crippen molar-refractivity contribution in [1.29, 1.82) is 0 Å². The number of benzene rings is 1. The number of amidine groups is 1. The second-order valence-electron chi connectivity index (χ2n) is 5.33. The Kier molecular flexibility index (Phi) is 4.88. The fourth-order valence-corrected chi connectivity index (χ4v) is 4.06. The number of hydrogen-bond donors (Lipinski definition) is 1. The van der Waals surface area contributed by atoms with Crippen LogP contribution >= 0.6 is 27.7 Å². The minimum Gasteiger partial charge on any atom is -0.496 e. The Morgan fingerprint density at radius 2 is 2.18 bits per heavy atom. The van der Waals surface area contributed by atoms with Gasteiger partial charge in [-0.05, 0) is 64.3 Å². The third-order valence-electron chi connectivity index (χ3n) is 3.75. The standard InChI is InChI=1S/C16H17BrN2O2S/c1-21-13-7-6-10(8-12(13)17)9-14-15(20)19-16(22-14)18-11-4-2-3-5-11/h6-9,11H,2-5H2,1H3,(H,18,19,20)/b14-9-. The minimum atomic E-state index is -0.0753. The van der Waals surface area contributed by atoms with E-state index < -0.39 is 0 Å². The van der Waals surface area contributed by atoms with Gasteiger partial charge >= 0.3 is 0 Å². The molecule has 1 saturated heterocycles. The van der Waals surface area contributed by atoms with Gasteiger partial charge in [0.15, 0.2) is 5.17 Å². The number of ether oxygens (including phenoxy) is 1. The molecule has 0 spiro atoms. The summed E-state index contributed by atoms with van der Waals surface area (Å²) in [4.78, 5) is 17.4. The lowest BCUT2D eigenvalue weighted by atomic mass is 10.2. The Labute approximate surface area is 142 Å². The van der Waals surface area contributed by atoms with Gasteiger partial charge in [-0.25, -0.2) is 0 Å². The van der Waals surface area contributed by atoms with Gasteiger partial charge in [0.25, 0.3) is 5.91 Å². The van der Waals surface area contributed by atoms with Crippen LogP contribution in [0.1, 0.15) is 31.2 Å². The van der Waals surface area contributed by atoms with Gasteiger partial charge in [0.1, 0.15) is 5.75 Å². The maximum atomic E-state index is 12.1. The van der Waals surface area contributed by atoms with Crippen molar-refractivity contribution in [3.8, 4) is 5.75 Å². The van der Waals surface area contributed by atoms with Crippen LogP contribution in [0.4, 0.5) is 0 Å². The zero-order valence-electron chi connectivity index (χ0n) is 12.3. The van der Waals surface area contributed by atoms with E-state index in [4.69, 9.17) is 4.74 Å². The largest absolute Gasteiger partial charge is 0.496 e. The number of nitrogens with zero attached hydrogens (tertiary/aromatic N) is 1. The molecule has 1 amide bonds. The zero-order chi connectivity index (χ0) is 15.5. The van der Waals surface area contributed by atoms with Crippen LogP contribution in [0.3, 0.4) is 0 Å². The molecule has 1 N–H and O–H groups in total. The summed E-state index contributed by atoms with van der Waals surface area (Å²) >= 11 is 4.88. The number of rotatable bonds is 3. The molecule has 1 aromatic carbocycles. The molecule has 1 saturated carbocycles. The van der Waals surface area contributed by atoms with Crippen molar-refractivity contribution in [2.24, 2.45) is 4.99 Å². The highest BCUT2D eigenvalue weighted by atomic mass is 79.9. The first-order valence-corrected chi connectivity index (χ1v) is 8.89. The molecule has 0 atom stereocenters. The van der Waals surface area contributed by atoms with E-state index in [0.29, 0.717) is 10.9 Å². The third kappa shape index (κ3) is 3.55. The number of carbonyl (C=O) groups is 1. The number of halogens is 1. The summed E-state index contributed by atoms with van der Waals surface area (Å²) in [5, 5.41) is 3.59. The zero-order valence-corrected chi connectivity index (χ0v) is 14.7. The monoisotopic (exact) mass is 380 g/mol. The van der Waals surface area contributed by atoms with Gasteiger partial charge in [0.2, 0.25) is 0 Å². The third-order valence-corrected chi connectivity index (χ3v) is 5.29. The summed E-state index contributed by atoms with van der Waals surface area (Å²) in [7, 11) is 1.63. The molecule has 2 fully saturated rings. The second kappa shape index (κ2) is 6.87. The van der Waals surface area contributed by atoms with Gasteiger partial charge < -0.3 is 10.1 Å². The maximum Gasteiger partial charge on any atom is 0.264 e. The van der Waals surface area contributed by atoms with Gasteiger partial charge in [0, 0.05) is 0 Å². The van der Waals surface area contributed by atoms with E-state index in [9.17, 15) is 4.79 Å². The topological polar surface area (TPSA) is 50.7 Å². The first kappa shape index (κ1) is 15.6. The lowest BCUT2D eigenvalue weighted by molar-refractivity contribution is -0.115. The fourth-order valence-electron chi connectivity index (χ4n) is 2.61. The Morgan fingerprint density at radius 3 is 2.86 bits per heavy atom. The van der Waals surface area contributed by atoms with Gasteiger partial charge in [-0.1, -0.05) is 18.9 Å². The summed E-state index contributed by atoms with van der Waals surface area (Å²) in [5.41, 5.74) is 0.951. The molecule has 22 heavy (non-hydrogen) atoms. The number of aliphatic imine (C=N–C) groups is 1. The number of hydrogen-bond acceptors (Lipinski definition) is 4. The molecular weight excluding hydrogens is 364 g/mol. The predicted octanol–water partition coefficient (Wildman–Crippen LogP) is 3.96. The van der Waals surface area contributed by atoms with E-state index in [1.54, 1.807) is 7.11 Å². The van der Waals surface area contributed by atoms with Crippen molar-refractivity contribution in [1.82, 2.24) is 5.32 Å². The average Bonchev–Trinajstić information content (AvgIpc) is 3.10. The van der Waals surface area contributed by atoms with Crippen LogP contribution in [-0.4, -0.2) is 24.2 Å². The van der Waals surface area contributed by atoms with Crippen LogP contribution in [0.5, 0.6) is 5.75 Å². The van der Waals surface area contributed by atoms with Crippen LogP contribution in [0.2, 0.25) is 0 Å². The Hall–Kier alpha value is -1.27.